The van der Waals surface area contributed by atoms with E-state index >= 15 is 0 Å². The van der Waals surface area contributed by atoms with Crippen molar-refractivity contribution in [3.8, 4) is 5.75 Å². The molecular formula is C19H19N3O4. The third-order valence-electron chi connectivity index (χ3n) is 3.96. The lowest BCUT2D eigenvalue weighted by molar-refractivity contribution is -0.136. The first kappa shape index (κ1) is 17.3. The maximum atomic E-state index is 10.8. The number of carboxylic acids is 1. The predicted molar refractivity (Wildman–Crippen MR) is 99.2 cm³/mol. The van der Waals surface area contributed by atoms with Gasteiger partial charge in [0.2, 0.25) is 0 Å². The Hall–Kier alpha value is -3.48. The van der Waals surface area contributed by atoms with Gasteiger partial charge in [-0.25, -0.2) is 0 Å². The quantitative estimate of drug-likeness (QED) is 0.613. The molecule has 0 spiro atoms. The summed E-state index contributed by atoms with van der Waals surface area (Å²) < 4.78 is 7.08. The van der Waals surface area contributed by atoms with Gasteiger partial charge in [0.05, 0.1) is 12.1 Å². The van der Waals surface area contributed by atoms with Crippen molar-refractivity contribution in [2.45, 2.75) is 6.42 Å². The summed E-state index contributed by atoms with van der Waals surface area (Å²) in [4.78, 5) is 21.5. The van der Waals surface area contributed by atoms with Gasteiger partial charge >= 0.3 is 5.97 Å². The second-order valence-corrected chi connectivity index (χ2v) is 5.95. The van der Waals surface area contributed by atoms with Crippen molar-refractivity contribution >= 4 is 34.2 Å². The van der Waals surface area contributed by atoms with E-state index in [-0.39, 0.29) is 18.9 Å². The predicted octanol–water partition coefficient (Wildman–Crippen LogP) is 2.41. The third kappa shape index (κ3) is 3.77. The Morgan fingerprint density at radius 2 is 2.08 bits per heavy atom. The number of nitrogen functional groups attached to an aromatic ring is 1. The molecule has 0 atom stereocenters. The molecule has 0 saturated heterocycles. The highest BCUT2D eigenvalue weighted by Gasteiger charge is 2.14. The van der Waals surface area contributed by atoms with E-state index in [9.17, 15) is 9.59 Å². The van der Waals surface area contributed by atoms with Gasteiger partial charge in [0, 0.05) is 35.9 Å². The molecule has 2 aromatic carbocycles. The summed E-state index contributed by atoms with van der Waals surface area (Å²) in [6.45, 7) is 0.0659. The molecule has 4 N–H and O–H groups in total. The maximum absolute atomic E-state index is 10.8. The number of aryl methyl sites for hydroxylation is 1. The van der Waals surface area contributed by atoms with Crippen LogP contribution >= 0.6 is 0 Å². The molecule has 2 heterocycles. The minimum Gasteiger partial charge on any atom is -0.482 e. The van der Waals surface area contributed by atoms with Crippen LogP contribution in [0.4, 0.5) is 11.4 Å². The van der Waals surface area contributed by atoms with E-state index in [1.807, 2.05) is 42.1 Å². The number of fused-ring (bicyclic) bond motifs is 2. The number of benzene rings is 2. The van der Waals surface area contributed by atoms with E-state index in [0.717, 1.165) is 16.5 Å². The van der Waals surface area contributed by atoms with Gasteiger partial charge in [-0.1, -0.05) is 18.2 Å². The number of nitrogens with two attached hydrogens (primary N) is 1. The summed E-state index contributed by atoms with van der Waals surface area (Å²) in [5.74, 6) is -0.289. The Morgan fingerprint density at radius 3 is 2.85 bits per heavy atom. The largest absolute Gasteiger partial charge is 0.482 e. The molecule has 1 amide bonds. The summed E-state index contributed by atoms with van der Waals surface area (Å²) in [5.41, 5.74) is 8.78. The van der Waals surface area contributed by atoms with Crippen LogP contribution in [0, 0.1) is 0 Å². The summed E-state index contributed by atoms with van der Waals surface area (Å²) >= 11 is 0. The second kappa shape index (κ2) is 7.18. The summed E-state index contributed by atoms with van der Waals surface area (Å²) in [5, 5.41) is 12.4. The average Bonchev–Trinajstić information content (AvgIpc) is 2.91. The van der Waals surface area contributed by atoms with Gasteiger partial charge in [0.15, 0.2) is 6.61 Å². The molecule has 4 rings (SSSR count). The van der Waals surface area contributed by atoms with Crippen molar-refractivity contribution in [3.05, 3.63) is 54.2 Å². The lowest BCUT2D eigenvalue weighted by Gasteiger charge is -2.17. The summed E-state index contributed by atoms with van der Waals surface area (Å²) in [7, 11) is 1.92. The summed E-state index contributed by atoms with van der Waals surface area (Å²) in [6.07, 6.45) is 1.96. The van der Waals surface area contributed by atoms with Crippen LogP contribution in [0.3, 0.4) is 0 Å². The Labute approximate surface area is 150 Å². The topological polar surface area (TPSA) is 107 Å². The smallest absolute Gasteiger partial charge is 0.307 e. The minimum absolute atomic E-state index is 0.0659. The molecule has 0 bridgehead atoms. The Balaban J connectivity index is 0.000000152. The van der Waals surface area contributed by atoms with Crippen LogP contribution < -0.4 is 15.8 Å². The van der Waals surface area contributed by atoms with E-state index in [1.54, 1.807) is 18.2 Å². The Morgan fingerprint density at radius 1 is 1.31 bits per heavy atom. The van der Waals surface area contributed by atoms with E-state index in [1.165, 1.54) is 0 Å². The van der Waals surface area contributed by atoms with Crippen LogP contribution in [-0.2, 0) is 23.1 Å². The average molecular weight is 353 g/mol. The molecule has 0 fully saturated rings. The summed E-state index contributed by atoms with van der Waals surface area (Å²) in [6, 6.07) is 12.9. The molecule has 26 heavy (non-hydrogen) atoms. The first-order chi connectivity index (χ1) is 12.4. The molecule has 1 aliphatic rings. The number of carboxylic acid groups (broad SMARTS) is 1. The molecule has 0 unspecified atom stereocenters. The number of rotatable bonds is 2. The van der Waals surface area contributed by atoms with Crippen molar-refractivity contribution in [3.63, 3.8) is 0 Å². The van der Waals surface area contributed by atoms with Crippen molar-refractivity contribution in [2.75, 3.05) is 17.7 Å². The van der Waals surface area contributed by atoms with Crippen molar-refractivity contribution in [1.29, 1.82) is 0 Å². The number of nitrogens with one attached hydrogen (secondary N) is 1. The Kier molecular flexibility index (Phi) is 4.79. The third-order valence-corrected chi connectivity index (χ3v) is 3.96. The number of aromatic nitrogens is 1. The van der Waals surface area contributed by atoms with Crippen molar-refractivity contribution < 1.29 is 19.4 Å². The second-order valence-electron chi connectivity index (χ2n) is 5.95. The fraction of sp³-hybridized carbons (Fsp3) is 0.158. The number of anilines is 2. The highest BCUT2D eigenvalue weighted by Crippen LogP contribution is 2.29. The van der Waals surface area contributed by atoms with Gasteiger partial charge in [-0.05, 0) is 23.8 Å². The lowest BCUT2D eigenvalue weighted by atomic mass is 10.1. The van der Waals surface area contributed by atoms with Gasteiger partial charge in [-0.2, -0.15) is 0 Å². The van der Waals surface area contributed by atoms with Crippen LogP contribution in [-0.4, -0.2) is 28.2 Å². The molecular weight excluding hydrogens is 334 g/mol. The maximum Gasteiger partial charge on any atom is 0.307 e. The molecule has 3 aromatic rings. The Bertz CT molecular complexity index is 978. The number of hydrogen-bond acceptors (Lipinski definition) is 4. The number of carbonyl (C=O) groups excluding carboxylic acids is 1. The lowest BCUT2D eigenvalue weighted by Crippen LogP contribution is -2.25. The van der Waals surface area contributed by atoms with Gasteiger partial charge in [-0.3, -0.25) is 9.59 Å². The highest BCUT2D eigenvalue weighted by molar-refractivity contribution is 5.95. The zero-order valence-corrected chi connectivity index (χ0v) is 14.2. The van der Waals surface area contributed by atoms with E-state index in [2.05, 4.69) is 5.32 Å². The standard InChI is InChI=1S/C11H11NO2.C8H8N2O2/c1-12-7-8(6-11(13)14)9-4-2-3-5-10(9)12;9-5-1-2-6-7(3-5)12-4-8(11)10-6/h2-5,7H,6H2,1H3,(H,13,14);1-3H,4,9H2,(H,10,11). The normalized spacial score (nSPS) is 12.4. The first-order valence-corrected chi connectivity index (χ1v) is 8.01. The number of ether oxygens (including phenoxy) is 1. The van der Waals surface area contributed by atoms with Crippen LogP contribution in [0.2, 0.25) is 0 Å². The van der Waals surface area contributed by atoms with Gasteiger partial charge in [0.25, 0.3) is 5.91 Å². The van der Waals surface area contributed by atoms with Crippen LogP contribution in [0.1, 0.15) is 5.56 Å². The monoisotopic (exact) mass is 353 g/mol. The van der Waals surface area contributed by atoms with Gasteiger partial charge < -0.3 is 25.5 Å². The molecule has 7 nitrogen and oxygen atoms in total. The molecule has 7 heteroatoms. The van der Waals surface area contributed by atoms with Crippen LogP contribution in [0.25, 0.3) is 10.9 Å². The van der Waals surface area contributed by atoms with E-state index in [0.29, 0.717) is 17.1 Å². The number of nitrogens with zero attached hydrogens (tertiary/aromatic N) is 1. The van der Waals surface area contributed by atoms with E-state index < -0.39 is 5.97 Å². The molecule has 0 saturated carbocycles. The van der Waals surface area contributed by atoms with Crippen molar-refractivity contribution in [1.82, 2.24) is 4.57 Å². The SMILES string of the molecule is Cn1cc(CC(=O)O)c2ccccc21.Nc1ccc2c(c1)OCC(=O)N2. The number of aliphatic carboxylic acids is 1. The van der Waals surface area contributed by atoms with Gasteiger partial charge in [0.1, 0.15) is 5.75 Å². The fourth-order valence-electron chi connectivity index (χ4n) is 2.82. The molecule has 0 radical (unpaired) electrons. The molecule has 1 aromatic heterocycles. The molecule has 1 aliphatic heterocycles. The van der Waals surface area contributed by atoms with Crippen LogP contribution in [0.5, 0.6) is 5.75 Å². The molecule has 0 aliphatic carbocycles. The van der Waals surface area contributed by atoms with Gasteiger partial charge in [-0.15, -0.1) is 0 Å². The molecule has 134 valence electrons. The highest BCUT2D eigenvalue weighted by atomic mass is 16.5. The number of hydrogen-bond donors (Lipinski definition) is 3. The van der Waals surface area contributed by atoms with Crippen molar-refractivity contribution in [2.24, 2.45) is 7.05 Å². The fourth-order valence-corrected chi connectivity index (χ4v) is 2.82. The number of para-hydroxylation sites is 1. The van der Waals surface area contributed by atoms with E-state index in [4.69, 9.17) is 15.6 Å². The first-order valence-electron chi connectivity index (χ1n) is 8.01. The zero-order valence-electron chi connectivity index (χ0n) is 14.2. The number of amides is 1. The van der Waals surface area contributed by atoms with Crippen LogP contribution in [0.15, 0.2) is 48.7 Å². The zero-order chi connectivity index (χ0) is 18.7. The number of carbonyl (C=O) groups is 2. The minimum atomic E-state index is -0.790.